The second kappa shape index (κ2) is 7.25. The second-order valence-electron chi connectivity index (χ2n) is 3.59. The molecule has 0 aliphatic carbocycles. The molecule has 1 aromatic heterocycles. The average molecular weight is 392 g/mol. The molecular formula is C11H12Br2N4S. The number of thioether (sulfide) groups is 1. The van der Waals surface area contributed by atoms with Gasteiger partial charge in [0, 0.05) is 15.6 Å². The Morgan fingerprint density at radius 2 is 1.94 bits per heavy atom. The molecule has 0 amide bonds. The molecule has 7 heteroatoms. The van der Waals surface area contributed by atoms with Crippen LogP contribution in [-0.4, -0.2) is 31.3 Å². The van der Waals surface area contributed by atoms with Crippen LogP contribution in [0, 0.1) is 0 Å². The molecule has 18 heavy (non-hydrogen) atoms. The van der Waals surface area contributed by atoms with Gasteiger partial charge in [-0.2, -0.15) is 4.68 Å². The Hall–Kier alpha value is -0.400. The van der Waals surface area contributed by atoms with Crippen molar-refractivity contribution >= 4 is 43.6 Å². The fraction of sp³-hybridized carbons (Fsp3) is 0.364. The summed E-state index contributed by atoms with van der Waals surface area (Å²) in [5.41, 5.74) is 0.978. The van der Waals surface area contributed by atoms with Crippen molar-refractivity contribution in [2.45, 2.75) is 18.0 Å². The molecule has 1 aromatic carbocycles. The number of halogens is 2. The van der Waals surface area contributed by atoms with E-state index >= 15 is 0 Å². The molecule has 0 radical (unpaired) electrons. The van der Waals surface area contributed by atoms with Crippen LogP contribution in [0.2, 0.25) is 0 Å². The SMILES string of the molecule is BrCCCCSc1nnnn1-c1ccc(Br)cc1. The smallest absolute Gasteiger partial charge is 0.188 e. The number of unbranched alkanes of at least 4 members (excludes halogenated alkanes) is 1. The van der Waals surface area contributed by atoms with Gasteiger partial charge in [0.15, 0.2) is 0 Å². The van der Waals surface area contributed by atoms with E-state index in [2.05, 4.69) is 47.4 Å². The predicted octanol–water partition coefficient (Wildman–Crippen LogP) is 3.69. The summed E-state index contributed by atoms with van der Waals surface area (Å²) in [6.45, 7) is 0. The van der Waals surface area contributed by atoms with Crippen LogP contribution in [0.25, 0.3) is 5.69 Å². The van der Waals surface area contributed by atoms with Gasteiger partial charge in [-0.15, -0.1) is 5.10 Å². The summed E-state index contributed by atoms with van der Waals surface area (Å²) in [5, 5.41) is 13.7. The van der Waals surface area contributed by atoms with Crippen LogP contribution in [0.3, 0.4) is 0 Å². The molecule has 4 nitrogen and oxygen atoms in total. The maximum Gasteiger partial charge on any atom is 0.214 e. The van der Waals surface area contributed by atoms with E-state index in [0.717, 1.165) is 32.8 Å². The van der Waals surface area contributed by atoms with Gasteiger partial charge in [0.05, 0.1) is 5.69 Å². The van der Waals surface area contributed by atoms with E-state index in [1.165, 1.54) is 6.42 Å². The quantitative estimate of drug-likeness (QED) is 0.428. The van der Waals surface area contributed by atoms with E-state index in [1.54, 1.807) is 16.4 Å². The highest BCUT2D eigenvalue weighted by Gasteiger charge is 2.08. The Morgan fingerprint density at radius 3 is 2.67 bits per heavy atom. The van der Waals surface area contributed by atoms with Gasteiger partial charge in [-0.25, -0.2) is 0 Å². The molecule has 0 spiro atoms. The number of benzene rings is 1. The van der Waals surface area contributed by atoms with Crippen LogP contribution in [-0.2, 0) is 0 Å². The van der Waals surface area contributed by atoms with Crippen LogP contribution in [0.4, 0.5) is 0 Å². The Kier molecular flexibility index (Phi) is 5.65. The first-order chi connectivity index (χ1) is 8.81. The Balaban J connectivity index is 2.05. The minimum Gasteiger partial charge on any atom is -0.188 e. The minimum atomic E-state index is 0.840. The van der Waals surface area contributed by atoms with Gasteiger partial charge in [-0.1, -0.05) is 43.6 Å². The molecule has 2 aromatic rings. The van der Waals surface area contributed by atoms with Crippen molar-refractivity contribution in [3.63, 3.8) is 0 Å². The maximum atomic E-state index is 4.05. The summed E-state index contributed by atoms with van der Waals surface area (Å²) in [6, 6.07) is 7.94. The average Bonchev–Trinajstić information content (AvgIpc) is 2.84. The molecule has 0 saturated heterocycles. The normalized spacial score (nSPS) is 10.8. The van der Waals surface area contributed by atoms with Gasteiger partial charge >= 0.3 is 0 Å². The molecule has 0 N–H and O–H groups in total. The monoisotopic (exact) mass is 390 g/mol. The van der Waals surface area contributed by atoms with Crippen LogP contribution < -0.4 is 0 Å². The second-order valence-corrected chi connectivity index (χ2v) is 6.36. The van der Waals surface area contributed by atoms with E-state index in [4.69, 9.17) is 0 Å². The van der Waals surface area contributed by atoms with Gasteiger partial charge in [0.1, 0.15) is 0 Å². The topological polar surface area (TPSA) is 43.6 Å². The third-order valence-corrected chi connectivity index (χ3v) is 4.37. The zero-order valence-electron chi connectivity index (χ0n) is 9.59. The van der Waals surface area contributed by atoms with Gasteiger partial charge < -0.3 is 0 Å². The number of hydrogen-bond donors (Lipinski definition) is 0. The summed E-state index contributed by atoms with van der Waals surface area (Å²) in [5.74, 6) is 1.03. The first-order valence-electron chi connectivity index (χ1n) is 5.54. The van der Waals surface area contributed by atoms with Gasteiger partial charge in [0.2, 0.25) is 5.16 Å². The molecule has 2 rings (SSSR count). The van der Waals surface area contributed by atoms with E-state index in [9.17, 15) is 0 Å². The standard InChI is InChI=1S/C11H12Br2N4S/c12-7-1-2-8-18-11-14-15-16-17(11)10-5-3-9(13)4-6-10/h3-6H,1-2,7-8H2. The van der Waals surface area contributed by atoms with Crippen LogP contribution in [0.15, 0.2) is 33.9 Å². The zero-order chi connectivity index (χ0) is 12.8. The summed E-state index contributed by atoms with van der Waals surface area (Å²) in [4.78, 5) is 0. The lowest BCUT2D eigenvalue weighted by atomic mass is 10.3. The van der Waals surface area contributed by atoms with E-state index < -0.39 is 0 Å². The molecule has 96 valence electrons. The van der Waals surface area contributed by atoms with E-state index in [0.29, 0.717) is 0 Å². The summed E-state index contributed by atoms with van der Waals surface area (Å²) >= 11 is 8.53. The number of aromatic nitrogens is 4. The Labute approximate surface area is 127 Å². The number of rotatable bonds is 6. The molecule has 0 bridgehead atoms. The minimum absolute atomic E-state index is 0.840. The molecule has 0 aliphatic rings. The molecule has 0 unspecified atom stereocenters. The number of alkyl halides is 1. The first kappa shape index (κ1) is 14.0. The maximum absolute atomic E-state index is 4.05. The highest BCUT2D eigenvalue weighted by atomic mass is 79.9. The van der Waals surface area contributed by atoms with Crippen LogP contribution in [0.5, 0.6) is 0 Å². The van der Waals surface area contributed by atoms with Gasteiger partial charge in [-0.05, 0) is 47.5 Å². The third-order valence-electron chi connectivity index (χ3n) is 2.27. The molecule has 0 aliphatic heterocycles. The van der Waals surface area contributed by atoms with Crippen molar-refractivity contribution in [2.75, 3.05) is 11.1 Å². The fourth-order valence-electron chi connectivity index (χ4n) is 1.37. The lowest BCUT2D eigenvalue weighted by molar-refractivity contribution is 0.755. The molecule has 1 heterocycles. The zero-order valence-corrected chi connectivity index (χ0v) is 13.6. The number of hydrogen-bond acceptors (Lipinski definition) is 4. The largest absolute Gasteiger partial charge is 0.214 e. The lowest BCUT2D eigenvalue weighted by Gasteiger charge is -2.03. The van der Waals surface area contributed by atoms with Crippen molar-refractivity contribution in [3.05, 3.63) is 28.7 Å². The molecule has 0 saturated carbocycles. The molecule has 0 fully saturated rings. The Morgan fingerprint density at radius 1 is 1.17 bits per heavy atom. The van der Waals surface area contributed by atoms with Crippen LogP contribution >= 0.6 is 43.6 Å². The summed E-state index contributed by atoms with van der Waals surface area (Å²) in [7, 11) is 0. The highest BCUT2D eigenvalue weighted by molar-refractivity contribution is 9.10. The molecular weight excluding hydrogens is 380 g/mol. The molecule has 0 atom stereocenters. The summed E-state index contributed by atoms with van der Waals surface area (Å²) in [6.07, 6.45) is 2.33. The van der Waals surface area contributed by atoms with E-state index in [1.807, 2.05) is 24.3 Å². The van der Waals surface area contributed by atoms with Crippen molar-refractivity contribution in [2.24, 2.45) is 0 Å². The lowest BCUT2D eigenvalue weighted by Crippen LogP contribution is -1.99. The number of tetrazole rings is 1. The highest BCUT2D eigenvalue weighted by Crippen LogP contribution is 2.20. The van der Waals surface area contributed by atoms with Crippen molar-refractivity contribution in [1.82, 2.24) is 20.2 Å². The fourth-order valence-corrected chi connectivity index (χ4v) is 2.92. The first-order valence-corrected chi connectivity index (χ1v) is 8.44. The summed E-state index contributed by atoms with van der Waals surface area (Å²) < 4.78 is 2.82. The van der Waals surface area contributed by atoms with Crippen molar-refractivity contribution < 1.29 is 0 Å². The van der Waals surface area contributed by atoms with Crippen LogP contribution in [0.1, 0.15) is 12.8 Å². The van der Waals surface area contributed by atoms with Crippen molar-refractivity contribution in [1.29, 1.82) is 0 Å². The Bertz CT molecular complexity index is 486. The van der Waals surface area contributed by atoms with Crippen molar-refractivity contribution in [3.8, 4) is 5.69 Å². The van der Waals surface area contributed by atoms with Gasteiger partial charge in [-0.3, -0.25) is 0 Å². The van der Waals surface area contributed by atoms with E-state index in [-0.39, 0.29) is 0 Å². The third kappa shape index (κ3) is 3.80. The predicted molar refractivity (Wildman–Crippen MR) is 80.6 cm³/mol. The number of nitrogens with zero attached hydrogens (tertiary/aromatic N) is 4. The van der Waals surface area contributed by atoms with Gasteiger partial charge in [0.25, 0.3) is 0 Å².